The summed E-state index contributed by atoms with van der Waals surface area (Å²) in [6, 6.07) is 57.3. The lowest BCUT2D eigenvalue weighted by Crippen LogP contribution is -2.62. The minimum absolute atomic E-state index is 0.122. The van der Waals surface area contributed by atoms with Gasteiger partial charge in [-0.1, -0.05) is 143 Å². The molecule has 0 aromatic heterocycles. The highest BCUT2D eigenvalue weighted by atomic mass is 32.2. The van der Waals surface area contributed by atoms with Crippen molar-refractivity contribution < 1.29 is 32.5 Å². The molecule has 0 saturated carbocycles. The Bertz CT molecular complexity index is 3230. The Morgan fingerprint density at radius 1 is 0.364 bits per heavy atom. The molecule has 13 rings (SSSR count). The molecule has 4 heterocycles. The fourth-order valence-corrected chi connectivity index (χ4v) is 13.1. The highest BCUT2D eigenvalue weighted by molar-refractivity contribution is 8.01. The maximum Gasteiger partial charge on any atom is 0.254 e. The van der Waals surface area contributed by atoms with Crippen LogP contribution in [-0.2, 0) is 0 Å². The van der Waals surface area contributed by atoms with Crippen molar-refractivity contribution in [2.75, 3.05) is 0 Å². The van der Waals surface area contributed by atoms with Crippen LogP contribution in [-0.4, -0.2) is 13.4 Å². The van der Waals surface area contributed by atoms with E-state index in [9.17, 15) is 0 Å². The third-order valence-electron chi connectivity index (χ3n) is 12.1. The van der Waals surface area contributed by atoms with Crippen LogP contribution >= 0.6 is 35.3 Å². The third kappa shape index (κ3) is 6.73. The van der Waals surface area contributed by atoms with Gasteiger partial charge in [-0.25, -0.2) is 8.78 Å². The summed E-state index contributed by atoms with van der Waals surface area (Å²) in [7, 11) is 0. The van der Waals surface area contributed by atoms with Crippen molar-refractivity contribution in [1.82, 2.24) is 0 Å². The van der Waals surface area contributed by atoms with Crippen LogP contribution in [0, 0.1) is 11.6 Å². The number of benzene rings is 9. The number of ether oxygens (including phenoxy) is 5. The molecule has 0 N–H and O–H groups in total. The Balaban J connectivity index is 0.995. The Morgan fingerprint density at radius 3 is 1.48 bits per heavy atom. The number of hydrogen-bond acceptors (Lipinski definition) is 8. The van der Waals surface area contributed by atoms with Gasteiger partial charge in [0, 0.05) is 30.5 Å². The maximum absolute atomic E-state index is 15.1. The fraction of sp³-hybridized carbons (Fsp3) is 0. The minimum atomic E-state index is -0.458. The van der Waals surface area contributed by atoms with Gasteiger partial charge in [-0.05, 0) is 101 Å². The van der Waals surface area contributed by atoms with Gasteiger partial charge in [0.1, 0.15) is 34.5 Å². The predicted octanol–water partition coefficient (Wildman–Crippen LogP) is 11.7. The first-order valence-electron chi connectivity index (χ1n) is 21.3. The van der Waals surface area contributed by atoms with Gasteiger partial charge in [0.2, 0.25) is 6.71 Å². The smallest absolute Gasteiger partial charge is 0.254 e. The first-order chi connectivity index (χ1) is 32.5. The molecule has 0 bridgehead atoms. The summed E-state index contributed by atoms with van der Waals surface area (Å²) in [6.07, 6.45) is 0. The Morgan fingerprint density at radius 2 is 0.848 bits per heavy atom. The Hall–Kier alpha value is -6.98. The van der Waals surface area contributed by atoms with Crippen LogP contribution in [0.4, 0.5) is 8.78 Å². The molecular formula is C54H30B2F2O5S3. The average Bonchev–Trinajstić information content (AvgIpc) is 3.33. The number of rotatable bonds is 8. The van der Waals surface area contributed by atoms with E-state index in [1.54, 1.807) is 71.7 Å². The van der Waals surface area contributed by atoms with Crippen molar-refractivity contribution in [3.05, 3.63) is 194 Å². The van der Waals surface area contributed by atoms with Crippen molar-refractivity contribution >= 4 is 81.5 Å². The van der Waals surface area contributed by atoms with Crippen LogP contribution in [0.25, 0.3) is 0 Å². The fourth-order valence-electron chi connectivity index (χ4n) is 9.26. The second kappa shape index (κ2) is 15.9. The molecule has 0 radical (unpaired) electrons. The molecule has 314 valence electrons. The van der Waals surface area contributed by atoms with Crippen LogP contribution in [0.5, 0.6) is 57.5 Å². The first kappa shape index (κ1) is 39.4. The quantitative estimate of drug-likeness (QED) is 0.140. The largest absolute Gasteiger partial charge is 0.456 e. The van der Waals surface area contributed by atoms with Crippen molar-refractivity contribution in [2.24, 2.45) is 0 Å². The minimum Gasteiger partial charge on any atom is -0.456 e. The van der Waals surface area contributed by atoms with Crippen molar-refractivity contribution in [2.45, 2.75) is 29.4 Å². The van der Waals surface area contributed by atoms with E-state index in [4.69, 9.17) is 23.7 Å². The standard InChI is InChI=1S/C54H30B2F2O5S3/c57-39-19-7-9-21-41(39)61-33-25-45-51-48(26-33)64-46-30-47-38(29-37(46)55(51)35-17-11-23-43(53(35)63-45)59-31-13-3-1-4-14-31)56-36-18-12-24-44(60-32-15-5-2-6-16-32)54(36)66-50-28-34(27-49(65-47)52(50)56)62-42-22-10-8-20-40(42)58/h1-30H. The van der Waals surface area contributed by atoms with Crippen LogP contribution < -0.4 is 56.5 Å². The molecule has 0 aliphatic carbocycles. The van der Waals surface area contributed by atoms with Gasteiger partial charge in [-0.3, -0.25) is 0 Å². The second-order valence-corrected chi connectivity index (χ2v) is 19.3. The van der Waals surface area contributed by atoms with E-state index in [0.29, 0.717) is 34.5 Å². The van der Waals surface area contributed by atoms with E-state index >= 15 is 8.78 Å². The number of fused-ring (bicyclic) bond motifs is 8. The lowest BCUT2D eigenvalue weighted by molar-refractivity contribution is 0.414. The van der Waals surface area contributed by atoms with E-state index < -0.39 is 11.6 Å². The summed E-state index contributed by atoms with van der Waals surface area (Å²) in [5.41, 5.74) is 6.60. The van der Waals surface area contributed by atoms with Gasteiger partial charge in [-0.15, -0.1) is 0 Å². The maximum atomic E-state index is 15.1. The SMILES string of the molecule is Fc1ccccc1Oc1cc2c3c(c1)Sc1cc4c(cc1B3c1cccc(Oc3ccccc3)c1O2)B1c2cccc(Oc3ccccc3)c2Sc2cc(Oc3ccccc3F)cc(c21)S4. The predicted molar refractivity (Wildman–Crippen MR) is 260 cm³/mol. The molecule has 66 heavy (non-hydrogen) atoms. The van der Waals surface area contributed by atoms with E-state index in [1.807, 2.05) is 103 Å². The molecular weight excluding hydrogens is 884 g/mol. The summed E-state index contributed by atoms with van der Waals surface area (Å²) in [6.45, 7) is -0.404. The Kier molecular flexibility index (Phi) is 9.47. The number of hydrogen-bond donors (Lipinski definition) is 0. The van der Waals surface area contributed by atoms with Gasteiger partial charge >= 0.3 is 0 Å². The zero-order valence-electron chi connectivity index (χ0n) is 34.5. The summed E-state index contributed by atoms with van der Waals surface area (Å²) >= 11 is 4.99. The third-order valence-corrected chi connectivity index (χ3v) is 15.5. The normalized spacial score (nSPS) is 13.2. The summed E-state index contributed by atoms with van der Waals surface area (Å²) in [4.78, 5) is 6.17. The molecule has 0 unspecified atom stereocenters. The molecule has 0 fully saturated rings. The monoisotopic (exact) mass is 914 g/mol. The topological polar surface area (TPSA) is 46.2 Å². The molecule has 0 atom stereocenters. The first-order valence-corrected chi connectivity index (χ1v) is 23.8. The lowest BCUT2D eigenvalue weighted by Gasteiger charge is -2.37. The molecule has 12 heteroatoms. The van der Waals surface area contributed by atoms with E-state index in [2.05, 4.69) is 30.3 Å². The molecule has 0 spiro atoms. The van der Waals surface area contributed by atoms with Gasteiger partial charge in [-0.2, -0.15) is 0 Å². The van der Waals surface area contributed by atoms with Crippen LogP contribution in [0.3, 0.4) is 0 Å². The van der Waals surface area contributed by atoms with Crippen LogP contribution in [0.2, 0.25) is 0 Å². The molecule has 9 aromatic rings. The van der Waals surface area contributed by atoms with Crippen molar-refractivity contribution in [1.29, 1.82) is 0 Å². The zero-order chi connectivity index (χ0) is 43.9. The molecule has 5 nitrogen and oxygen atoms in total. The summed E-state index contributed by atoms with van der Waals surface area (Å²) in [5.74, 6) is 4.37. The number of para-hydroxylation sites is 5. The van der Waals surface area contributed by atoms with E-state index in [1.165, 1.54) is 23.1 Å². The van der Waals surface area contributed by atoms with Crippen LogP contribution in [0.1, 0.15) is 0 Å². The van der Waals surface area contributed by atoms with E-state index in [-0.39, 0.29) is 24.9 Å². The summed E-state index contributed by atoms with van der Waals surface area (Å²) < 4.78 is 62.7. The second-order valence-electron chi connectivity index (χ2n) is 16.1. The molecule has 9 aromatic carbocycles. The van der Waals surface area contributed by atoms with Gasteiger partial charge in [0.25, 0.3) is 6.71 Å². The Labute approximate surface area is 392 Å². The zero-order valence-corrected chi connectivity index (χ0v) is 36.9. The molecule has 0 amide bonds. The van der Waals surface area contributed by atoms with Gasteiger partial charge < -0.3 is 23.7 Å². The van der Waals surface area contributed by atoms with Crippen molar-refractivity contribution in [3.63, 3.8) is 0 Å². The lowest BCUT2D eigenvalue weighted by atomic mass is 9.32. The van der Waals surface area contributed by atoms with Crippen LogP contribution in [0.15, 0.2) is 211 Å². The average molecular weight is 915 g/mol. The molecule has 0 saturated heterocycles. The van der Waals surface area contributed by atoms with Gasteiger partial charge in [0.05, 0.1) is 4.90 Å². The summed E-state index contributed by atoms with van der Waals surface area (Å²) in [5, 5.41) is 0. The van der Waals surface area contributed by atoms with Gasteiger partial charge in [0.15, 0.2) is 34.6 Å². The molecule has 4 aliphatic heterocycles. The van der Waals surface area contributed by atoms with E-state index in [0.717, 1.165) is 62.7 Å². The molecule has 4 aliphatic rings. The number of halogens is 2. The van der Waals surface area contributed by atoms with Crippen molar-refractivity contribution in [3.8, 4) is 57.5 Å². The highest BCUT2D eigenvalue weighted by Crippen LogP contribution is 2.48. The highest BCUT2D eigenvalue weighted by Gasteiger charge is 2.45.